The smallest absolute Gasteiger partial charge is 0.303 e. The van der Waals surface area contributed by atoms with Crippen LogP contribution in [-0.4, -0.2) is 23.5 Å². The fourth-order valence-corrected chi connectivity index (χ4v) is 2.76. The average Bonchev–Trinajstić information content (AvgIpc) is 2.45. The molecule has 1 atom stereocenters. The van der Waals surface area contributed by atoms with E-state index in [9.17, 15) is 9.59 Å². The summed E-state index contributed by atoms with van der Waals surface area (Å²) in [5.74, 6) is -0.505. The number of carboxylic acid groups (broad SMARTS) is 1. The van der Waals surface area contributed by atoms with E-state index in [1.54, 1.807) is 6.07 Å². The van der Waals surface area contributed by atoms with Crippen molar-refractivity contribution in [3.05, 3.63) is 34.3 Å². The second-order valence-corrected chi connectivity index (χ2v) is 5.97. The molecule has 0 bridgehead atoms. The zero-order valence-corrected chi connectivity index (χ0v) is 13.9. The van der Waals surface area contributed by atoms with Gasteiger partial charge in [0.05, 0.1) is 5.56 Å². The maximum atomic E-state index is 12.0. The van der Waals surface area contributed by atoms with Gasteiger partial charge in [-0.1, -0.05) is 31.9 Å². The molecule has 0 saturated carbocycles. The Bertz CT molecular complexity index is 476. The SMILES string of the molecule is CCCC(CCNC(=O)c1ccccc1Br)CCC(=O)O. The van der Waals surface area contributed by atoms with Gasteiger partial charge in [-0.05, 0) is 46.8 Å². The number of nitrogens with one attached hydrogen (secondary N) is 1. The molecule has 1 aromatic rings. The highest BCUT2D eigenvalue weighted by atomic mass is 79.9. The number of hydrogen-bond donors (Lipinski definition) is 2. The standard InChI is InChI=1S/C16H22BrNO3/c1-2-5-12(8-9-15(19)20)10-11-18-16(21)13-6-3-4-7-14(13)17/h3-4,6-7,12H,2,5,8-11H2,1H3,(H,18,21)(H,19,20). The molecule has 2 N–H and O–H groups in total. The van der Waals surface area contributed by atoms with Gasteiger partial charge in [0.15, 0.2) is 0 Å². The van der Waals surface area contributed by atoms with E-state index in [-0.39, 0.29) is 12.3 Å². The molecule has 21 heavy (non-hydrogen) atoms. The molecule has 1 amide bonds. The van der Waals surface area contributed by atoms with Crippen molar-refractivity contribution in [2.75, 3.05) is 6.54 Å². The molecule has 0 aromatic heterocycles. The number of halogens is 1. The molecule has 1 unspecified atom stereocenters. The number of aliphatic carboxylic acids is 1. The average molecular weight is 356 g/mol. The number of amides is 1. The quantitative estimate of drug-likeness (QED) is 0.706. The Morgan fingerprint density at radius 1 is 1.24 bits per heavy atom. The second-order valence-electron chi connectivity index (χ2n) is 5.11. The van der Waals surface area contributed by atoms with E-state index >= 15 is 0 Å². The first-order chi connectivity index (χ1) is 10.0. The van der Waals surface area contributed by atoms with E-state index in [1.807, 2.05) is 18.2 Å². The molecular weight excluding hydrogens is 334 g/mol. The van der Waals surface area contributed by atoms with Crippen molar-refractivity contribution < 1.29 is 14.7 Å². The van der Waals surface area contributed by atoms with Crippen LogP contribution in [0.15, 0.2) is 28.7 Å². The molecule has 0 spiro atoms. The normalized spacial score (nSPS) is 11.9. The lowest BCUT2D eigenvalue weighted by Gasteiger charge is -2.15. The van der Waals surface area contributed by atoms with E-state index in [0.29, 0.717) is 24.4 Å². The maximum Gasteiger partial charge on any atom is 0.303 e. The van der Waals surface area contributed by atoms with Gasteiger partial charge in [-0.15, -0.1) is 0 Å². The summed E-state index contributed by atoms with van der Waals surface area (Å²) in [6.07, 6.45) is 3.72. The Morgan fingerprint density at radius 3 is 2.57 bits per heavy atom. The van der Waals surface area contributed by atoms with Gasteiger partial charge in [0, 0.05) is 17.4 Å². The number of carbonyl (C=O) groups excluding carboxylic acids is 1. The molecule has 0 aliphatic heterocycles. The van der Waals surface area contributed by atoms with Gasteiger partial charge in [0.1, 0.15) is 0 Å². The van der Waals surface area contributed by atoms with Crippen LogP contribution in [0.1, 0.15) is 49.4 Å². The molecule has 0 aliphatic rings. The summed E-state index contributed by atoms with van der Waals surface area (Å²) in [5, 5.41) is 11.6. The Balaban J connectivity index is 2.41. The van der Waals surface area contributed by atoms with Crippen LogP contribution in [0.5, 0.6) is 0 Å². The highest BCUT2D eigenvalue weighted by molar-refractivity contribution is 9.10. The van der Waals surface area contributed by atoms with E-state index in [1.165, 1.54) is 0 Å². The fourth-order valence-electron chi connectivity index (χ4n) is 2.30. The number of carboxylic acids is 1. The molecule has 1 aromatic carbocycles. The largest absolute Gasteiger partial charge is 0.481 e. The van der Waals surface area contributed by atoms with Crippen LogP contribution in [-0.2, 0) is 4.79 Å². The zero-order valence-electron chi connectivity index (χ0n) is 12.3. The van der Waals surface area contributed by atoms with Crippen molar-refractivity contribution in [1.29, 1.82) is 0 Å². The molecule has 5 heteroatoms. The molecular formula is C16H22BrNO3. The number of carbonyl (C=O) groups is 2. The summed E-state index contributed by atoms with van der Waals surface area (Å²) >= 11 is 3.36. The summed E-state index contributed by atoms with van der Waals surface area (Å²) in [6, 6.07) is 7.30. The first-order valence-electron chi connectivity index (χ1n) is 7.29. The summed E-state index contributed by atoms with van der Waals surface area (Å²) in [4.78, 5) is 22.7. The van der Waals surface area contributed by atoms with E-state index in [4.69, 9.17) is 5.11 Å². The van der Waals surface area contributed by atoms with Crippen molar-refractivity contribution in [3.63, 3.8) is 0 Å². The molecule has 116 valence electrons. The summed E-state index contributed by atoms with van der Waals surface area (Å²) < 4.78 is 0.776. The Morgan fingerprint density at radius 2 is 1.95 bits per heavy atom. The van der Waals surface area contributed by atoms with Crippen molar-refractivity contribution in [2.24, 2.45) is 5.92 Å². The topological polar surface area (TPSA) is 66.4 Å². The van der Waals surface area contributed by atoms with Crippen LogP contribution in [0.3, 0.4) is 0 Å². The predicted molar refractivity (Wildman–Crippen MR) is 86.4 cm³/mol. The lowest BCUT2D eigenvalue weighted by Crippen LogP contribution is -2.26. The third-order valence-electron chi connectivity index (χ3n) is 3.42. The van der Waals surface area contributed by atoms with Crippen molar-refractivity contribution in [1.82, 2.24) is 5.32 Å². The molecule has 0 aliphatic carbocycles. The van der Waals surface area contributed by atoms with Crippen LogP contribution in [0.2, 0.25) is 0 Å². The van der Waals surface area contributed by atoms with Gasteiger partial charge < -0.3 is 10.4 Å². The number of benzene rings is 1. The lowest BCUT2D eigenvalue weighted by molar-refractivity contribution is -0.137. The van der Waals surface area contributed by atoms with Gasteiger partial charge in [-0.2, -0.15) is 0 Å². The van der Waals surface area contributed by atoms with Gasteiger partial charge in [-0.3, -0.25) is 9.59 Å². The van der Waals surface area contributed by atoms with Crippen molar-refractivity contribution >= 4 is 27.8 Å². The highest BCUT2D eigenvalue weighted by Crippen LogP contribution is 2.18. The molecule has 0 radical (unpaired) electrons. The van der Waals surface area contributed by atoms with Crippen LogP contribution in [0.25, 0.3) is 0 Å². The van der Waals surface area contributed by atoms with E-state index in [2.05, 4.69) is 28.2 Å². The summed E-state index contributed by atoms with van der Waals surface area (Å²) in [7, 11) is 0. The fraction of sp³-hybridized carbons (Fsp3) is 0.500. The number of hydrogen-bond acceptors (Lipinski definition) is 2. The van der Waals surface area contributed by atoms with Crippen LogP contribution in [0.4, 0.5) is 0 Å². The van der Waals surface area contributed by atoms with Gasteiger partial charge >= 0.3 is 5.97 Å². The maximum absolute atomic E-state index is 12.0. The Hall–Kier alpha value is -1.36. The third kappa shape index (κ3) is 6.76. The van der Waals surface area contributed by atoms with Crippen LogP contribution in [0, 0.1) is 5.92 Å². The molecule has 1 rings (SSSR count). The van der Waals surface area contributed by atoms with Gasteiger partial charge in [-0.25, -0.2) is 0 Å². The molecule has 0 saturated heterocycles. The summed E-state index contributed by atoms with van der Waals surface area (Å²) in [6.45, 7) is 2.66. The van der Waals surface area contributed by atoms with Gasteiger partial charge in [0.25, 0.3) is 5.91 Å². The minimum atomic E-state index is -0.756. The van der Waals surface area contributed by atoms with Crippen molar-refractivity contribution in [2.45, 2.75) is 39.0 Å². The van der Waals surface area contributed by atoms with E-state index in [0.717, 1.165) is 23.7 Å². The second kappa shape index (κ2) is 9.55. The third-order valence-corrected chi connectivity index (χ3v) is 4.11. The molecule has 4 nitrogen and oxygen atoms in total. The minimum absolute atomic E-state index is 0.101. The van der Waals surface area contributed by atoms with Crippen LogP contribution < -0.4 is 5.32 Å². The van der Waals surface area contributed by atoms with Gasteiger partial charge in [0.2, 0.25) is 0 Å². The first kappa shape index (κ1) is 17.7. The zero-order chi connectivity index (χ0) is 15.7. The van der Waals surface area contributed by atoms with E-state index < -0.39 is 5.97 Å². The first-order valence-corrected chi connectivity index (χ1v) is 8.08. The lowest BCUT2D eigenvalue weighted by atomic mass is 9.94. The minimum Gasteiger partial charge on any atom is -0.481 e. The highest BCUT2D eigenvalue weighted by Gasteiger charge is 2.12. The summed E-state index contributed by atoms with van der Waals surface area (Å²) in [5.41, 5.74) is 0.620. The van der Waals surface area contributed by atoms with Crippen molar-refractivity contribution in [3.8, 4) is 0 Å². The predicted octanol–water partition coefficient (Wildman–Crippen LogP) is 3.85. The van der Waals surface area contributed by atoms with Crippen LogP contribution >= 0.6 is 15.9 Å². The monoisotopic (exact) mass is 355 g/mol. The Labute approximate surface area is 134 Å². The molecule has 0 fully saturated rings. The number of rotatable bonds is 9. The molecule has 0 heterocycles. The Kier molecular flexibility index (Phi) is 8.05.